The van der Waals surface area contributed by atoms with Crippen molar-refractivity contribution in [2.75, 3.05) is 13.1 Å². The van der Waals surface area contributed by atoms with Crippen molar-refractivity contribution in [2.45, 2.75) is 25.2 Å². The van der Waals surface area contributed by atoms with E-state index in [4.69, 9.17) is 0 Å². The molecule has 1 saturated heterocycles. The van der Waals surface area contributed by atoms with E-state index in [1.54, 1.807) is 0 Å². The SMILES string of the molecule is Cl.c1ccc(Cc2cnc(C3CCNCC3)s2)cc1. The fourth-order valence-electron chi connectivity index (χ4n) is 2.46. The van der Waals surface area contributed by atoms with E-state index < -0.39 is 0 Å². The summed E-state index contributed by atoms with van der Waals surface area (Å²) in [7, 11) is 0. The van der Waals surface area contributed by atoms with Crippen LogP contribution in [0.5, 0.6) is 0 Å². The Balaban J connectivity index is 0.00000133. The van der Waals surface area contributed by atoms with Crippen LogP contribution in [0.25, 0.3) is 0 Å². The average Bonchev–Trinajstić information content (AvgIpc) is 2.89. The minimum Gasteiger partial charge on any atom is -0.317 e. The Bertz CT molecular complexity index is 492. The van der Waals surface area contributed by atoms with Gasteiger partial charge in [0.05, 0.1) is 5.01 Å². The van der Waals surface area contributed by atoms with Crippen LogP contribution in [-0.2, 0) is 6.42 Å². The van der Waals surface area contributed by atoms with Gasteiger partial charge in [-0.05, 0) is 31.5 Å². The van der Waals surface area contributed by atoms with E-state index >= 15 is 0 Å². The summed E-state index contributed by atoms with van der Waals surface area (Å²) in [5.41, 5.74) is 1.37. The molecule has 102 valence electrons. The molecule has 2 aromatic rings. The second kappa shape index (κ2) is 7.04. The molecule has 3 rings (SSSR count). The first-order chi connectivity index (χ1) is 8.92. The van der Waals surface area contributed by atoms with Crippen LogP contribution < -0.4 is 5.32 Å². The van der Waals surface area contributed by atoms with E-state index in [-0.39, 0.29) is 12.4 Å². The molecule has 0 aliphatic carbocycles. The molecule has 0 spiro atoms. The molecule has 1 fully saturated rings. The van der Waals surface area contributed by atoms with E-state index in [1.807, 2.05) is 11.3 Å². The summed E-state index contributed by atoms with van der Waals surface area (Å²) in [6.07, 6.45) is 5.55. The monoisotopic (exact) mass is 294 g/mol. The number of thiazole rings is 1. The van der Waals surface area contributed by atoms with Gasteiger partial charge in [0.25, 0.3) is 0 Å². The number of hydrogen-bond acceptors (Lipinski definition) is 3. The molecule has 4 heteroatoms. The molecule has 1 aromatic carbocycles. The topological polar surface area (TPSA) is 24.9 Å². The van der Waals surface area contributed by atoms with Gasteiger partial charge in [0.15, 0.2) is 0 Å². The molecular formula is C15H19ClN2S. The maximum Gasteiger partial charge on any atom is 0.0959 e. The number of rotatable bonds is 3. The fourth-order valence-corrected chi connectivity index (χ4v) is 3.58. The maximum absolute atomic E-state index is 4.63. The maximum atomic E-state index is 4.63. The second-order valence-corrected chi connectivity index (χ2v) is 6.00. The van der Waals surface area contributed by atoms with Crippen molar-refractivity contribution < 1.29 is 0 Å². The van der Waals surface area contributed by atoms with Crippen molar-refractivity contribution in [3.05, 3.63) is 52.0 Å². The zero-order valence-corrected chi connectivity index (χ0v) is 12.5. The van der Waals surface area contributed by atoms with Gasteiger partial charge in [-0.2, -0.15) is 0 Å². The predicted molar refractivity (Wildman–Crippen MR) is 83.5 cm³/mol. The number of aromatic nitrogens is 1. The van der Waals surface area contributed by atoms with Crippen molar-refractivity contribution in [3.8, 4) is 0 Å². The van der Waals surface area contributed by atoms with Crippen LogP contribution in [0.4, 0.5) is 0 Å². The highest BCUT2D eigenvalue weighted by atomic mass is 35.5. The zero-order chi connectivity index (χ0) is 12.2. The van der Waals surface area contributed by atoms with Gasteiger partial charge < -0.3 is 5.32 Å². The van der Waals surface area contributed by atoms with Crippen LogP contribution in [0.1, 0.15) is 34.2 Å². The molecule has 19 heavy (non-hydrogen) atoms. The molecule has 1 aliphatic heterocycles. The quantitative estimate of drug-likeness (QED) is 0.935. The lowest BCUT2D eigenvalue weighted by molar-refractivity contribution is 0.459. The summed E-state index contributed by atoms with van der Waals surface area (Å²) >= 11 is 1.90. The number of nitrogens with one attached hydrogen (secondary N) is 1. The zero-order valence-electron chi connectivity index (χ0n) is 10.8. The van der Waals surface area contributed by atoms with Crippen LogP contribution in [0.3, 0.4) is 0 Å². The van der Waals surface area contributed by atoms with E-state index in [0.29, 0.717) is 5.92 Å². The van der Waals surface area contributed by atoms with E-state index in [0.717, 1.165) is 19.5 Å². The fraction of sp³-hybridized carbons (Fsp3) is 0.400. The Morgan fingerprint density at radius 3 is 2.63 bits per heavy atom. The molecule has 1 aliphatic rings. The Hall–Kier alpha value is -0.900. The first-order valence-corrected chi connectivity index (χ1v) is 7.43. The number of halogens is 1. The van der Waals surface area contributed by atoms with Crippen LogP contribution in [0, 0.1) is 0 Å². The molecule has 1 aromatic heterocycles. The van der Waals surface area contributed by atoms with Gasteiger partial charge in [0.1, 0.15) is 0 Å². The third-order valence-corrected chi connectivity index (χ3v) is 4.64. The Labute approximate surface area is 124 Å². The summed E-state index contributed by atoms with van der Waals surface area (Å²) in [5.74, 6) is 0.681. The second-order valence-electron chi connectivity index (χ2n) is 4.85. The summed E-state index contributed by atoms with van der Waals surface area (Å²) in [5, 5.41) is 4.74. The largest absolute Gasteiger partial charge is 0.317 e. The number of nitrogens with zero attached hydrogens (tertiary/aromatic N) is 1. The van der Waals surface area contributed by atoms with Crippen LogP contribution in [-0.4, -0.2) is 18.1 Å². The smallest absolute Gasteiger partial charge is 0.0959 e. The number of hydrogen-bond donors (Lipinski definition) is 1. The van der Waals surface area contributed by atoms with Crippen molar-refractivity contribution in [3.63, 3.8) is 0 Å². The summed E-state index contributed by atoms with van der Waals surface area (Å²) in [6.45, 7) is 2.27. The van der Waals surface area contributed by atoms with Gasteiger partial charge >= 0.3 is 0 Å². The predicted octanol–water partition coefficient (Wildman–Crippen LogP) is 3.62. The molecule has 2 heterocycles. The highest BCUT2D eigenvalue weighted by Gasteiger charge is 2.18. The molecule has 0 atom stereocenters. The van der Waals surface area contributed by atoms with Crippen molar-refractivity contribution in [2.24, 2.45) is 0 Å². The Kier molecular flexibility index (Phi) is 5.37. The first kappa shape index (κ1) is 14.5. The van der Waals surface area contributed by atoms with Gasteiger partial charge in [-0.3, -0.25) is 0 Å². The molecule has 0 amide bonds. The third-order valence-electron chi connectivity index (χ3n) is 3.48. The first-order valence-electron chi connectivity index (χ1n) is 6.61. The standard InChI is InChI=1S/C15H18N2S.ClH/c1-2-4-12(5-3-1)10-14-11-17-15(18-14)13-6-8-16-9-7-13;/h1-5,11,13,16H,6-10H2;1H. The lowest BCUT2D eigenvalue weighted by Crippen LogP contribution is -2.26. The number of benzene rings is 1. The average molecular weight is 295 g/mol. The van der Waals surface area contributed by atoms with Crippen molar-refractivity contribution in [1.29, 1.82) is 0 Å². The molecule has 2 nitrogen and oxygen atoms in total. The van der Waals surface area contributed by atoms with Gasteiger partial charge in [0.2, 0.25) is 0 Å². The van der Waals surface area contributed by atoms with Gasteiger partial charge in [-0.25, -0.2) is 4.98 Å². The lowest BCUT2D eigenvalue weighted by atomic mass is 9.99. The van der Waals surface area contributed by atoms with Gasteiger partial charge in [0, 0.05) is 23.4 Å². The highest BCUT2D eigenvalue weighted by Crippen LogP contribution is 2.29. The highest BCUT2D eigenvalue weighted by molar-refractivity contribution is 7.11. The summed E-state index contributed by atoms with van der Waals surface area (Å²) in [4.78, 5) is 6.01. The molecule has 0 unspecified atom stereocenters. The molecule has 0 radical (unpaired) electrons. The van der Waals surface area contributed by atoms with Gasteiger partial charge in [-0.1, -0.05) is 30.3 Å². The summed E-state index contributed by atoms with van der Waals surface area (Å²) in [6, 6.07) is 10.6. The minimum atomic E-state index is 0. The van der Waals surface area contributed by atoms with E-state index in [1.165, 1.54) is 28.3 Å². The lowest BCUT2D eigenvalue weighted by Gasteiger charge is -2.20. The minimum absolute atomic E-state index is 0. The van der Waals surface area contributed by atoms with E-state index in [9.17, 15) is 0 Å². The Morgan fingerprint density at radius 1 is 1.16 bits per heavy atom. The third kappa shape index (κ3) is 3.78. The van der Waals surface area contributed by atoms with Crippen LogP contribution in [0.2, 0.25) is 0 Å². The molecule has 0 bridgehead atoms. The molecular weight excluding hydrogens is 276 g/mol. The van der Waals surface area contributed by atoms with Crippen LogP contribution >= 0.6 is 23.7 Å². The van der Waals surface area contributed by atoms with Crippen molar-refractivity contribution in [1.82, 2.24) is 10.3 Å². The summed E-state index contributed by atoms with van der Waals surface area (Å²) < 4.78 is 0. The van der Waals surface area contributed by atoms with Gasteiger partial charge in [-0.15, -0.1) is 23.7 Å². The normalized spacial score (nSPS) is 16.0. The van der Waals surface area contributed by atoms with E-state index in [2.05, 4.69) is 46.8 Å². The van der Waals surface area contributed by atoms with Crippen molar-refractivity contribution >= 4 is 23.7 Å². The Morgan fingerprint density at radius 2 is 1.89 bits per heavy atom. The number of piperidine rings is 1. The van der Waals surface area contributed by atoms with Crippen LogP contribution in [0.15, 0.2) is 36.5 Å². The molecule has 1 N–H and O–H groups in total. The molecule has 0 saturated carbocycles.